The van der Waals surface area contributed by atoms with Crippen molar-refractivity contribution >= 4 is 11.7 Å². The summed E-state index contributed by atoms with van der Waals surface area (Å²) >= 11 is 0. The van der Waals surface area contributed by atoms with E-state index in [1.807, 2.05) is 43.4 Å². The van der Waals surface area contributed by atoms with Crippen LogP contribution in [0.4, 0.5) is 0 Å². The van der Waals surface area contributed by atoms with Gasteiger partial charge in [0.15, 0.2) is 0 Å². The minimum absolute atomic E-state index is 0.0908. The summed E-state index contributed by atoms with van der Waals surface area (Å²) in [7, 11) is 0. The van der Waals surface area contributed by atoms with Gasteiger partial charge in [-0.05, 0) is 50.2 Å². The maximum atomic E-state index is 12.2. The van der Waals surface area contributed by atoms with E-state index in [0.29, 0.717) is 32.2 Å². The van der Waals surface area contributed by atoms with Gasteiger partial charge in [-0.15, -0.1) is 0 Å². The van der Waals surface area contributed by atoms with Crippen molar-refractivity contribution in [2.45, 2.75) is 58.0 Å². The normalized spacial score (nSPS) is 17.8. The SMILES string of the molecule is CCNC(=O)CCCC=CC[C@H]1C(=O)CC=C1C=C[C@@H](O)CCc1ccccc1. The molecule has 2 atom stereocenters. The standard InChI is InChI=1S/C25H33NO3/c1-2-26-25(29)13-9-4-3-8-12-23-21(16-19-24(23)28)15-18-22(27)17-14-20-10-6-5-7-11-20/h3,5-8,10-11,15-16,18,22-23,27H,2,4,9,12-14,17,19H2,1H3,(H,26,29)/t22-,23+/m0/s1. The van der Waals surface area contributed by atoms with Crippen LogP contribution in [-0.2, 0) is 16.0 Å². The Bertz CT molecular complexity index is 734. The number of ketones is 1. The molecule has 1 aromatic rings. The predicted molar refractivity (Wildman–Crippen MR) is 117 cm³/mol. The zero-order valence-electron chi connectivity index (χ0n) is 17.3. The first-order valence-electron chi connectivity index (χ1n) is 10.6. The number of unbranched alkanes of at least 4 members (excludes halogenated alkanes) is 1. The van der Waals surface area contributed by atoms with Crippen molar-refractivity contribution in [1.29, 1.82) is 0 Å². The number of benzene rings is 1. The van der Waals surface area contributed by atoms with Gasteiger partial charge in [0, 0.05) is 25.3 Å². The van der Waals surface area contributed by atoms with E-state index in [0.717, 1.165) is 24.8 Å². The van der Waals surface area contributed by atoms with Gasteiger partial charge in [0.25, 0.3) is 0 Å². The average molecular weight is 396 g/mol. The number of amides is 1. The van der Waals surface area contributed by atoms with E-state index < -0.39 is 6.10 Å². The monoisotopic (exact) mass is 395 g/mol. The Morgan fingerprint density at radius 1 is 1.28 bits per heavy atom. The lowest BCUT2D eigenvalue weighted by Crippen LogP contribution is -2.21. The number of hydrogen-bond donors (Lipinski definition) is 2. The Kier molecular flexibility index (Phi) is 10.1. The number of carbonyl (C=O) groups excluding carboxylic acids is 2. The smallest absolute Gasteiger partial charge is 0.219 e. The molecule has 1 aromatic carbocycles. The Balaban J connectivity index is 1.73. The molecule has 0 saturated carbocycles. The van der Waals surface area contributed by atoms with Crippen molar-refractivity contribution < 1.29 is 14.7 Å². The first-order valence-corrected chi connectivity index (χ1v) is 10.6. The van der Waals surface area contributed by atoms with E-state index in [4.69, 9.17) is 0 Å². The molecule has 0 radical (unpaired) electrons. The third kappa shape index (κ3) is 8.61. The van der Waals surface area contributed by atoms with E-state index >= 15 is 0 Å². The van der Waals surface area contributed by atoms with Crippen molar-refractivity contribution in [3.63, 3.8) is 0 Å². The minimum atomic E-state index is -0.516. The largest absolute Gasteiger partial charge is 0.389 e. The molecule has 4 nitrogen and oxygen atoms in total. The second-order valence-corrected chi connectivity index (χ2v) is 7.43. The van der Waals surface area contributed by atoms with E-state index in [-0.39, 0.29) is 17.6 Å². The summed E-state index contributed by atoms with van der Waals surface area (Å²) in [6.45, 7) is 2.58. The fourth-order valence-corrected chi connectivity index (χ4v) is 3.43. The van der Waals surface area contributed by atoms with Crippen LogP contribution >= 0.6 is 0 Å². The molecule has 0 heterocycles. The minimum Gasteiger partial charge on any atom is -0.389 e. The van der Waals surface area contributed by atoms with Crippen LogP contribution in [0.2, 0.25) is 0 Å². The second-order valence-electron chi connectivity index (χ2n) is 7.43. The molecule has 0 fully saturated rings. The number of carbonyl (C=O) groups is 2. The molecule has 0 aromatic heterocycles. The van der Waals surface area contributed by atoms with Crippen LogP contribution in [0.25, 0.3) is 0 Å². The highest BCUT2D eigenvalue weighted by Gasteiger charge is 2.24. The van der Waals surface area contributed by atoms with E-state index in [1.165, 1.54) is 5.56 Å². The summed E-state index contributed by atoms with van der Waals surface area (Å²) in [5.41, 5.74) is 2.21. The topological polar surface area (TPSA) is 66.4 Å². The fourth-order valence-electron chi connectivity index (χ4n) is 3.43. The van der Waals surface area contributed by atoms with Crippen molar-refractivity contribution in [1.82, 2.24) is 5.32 Å². The Hall–Kier alpha value is -2.46. The number of aliphatic hydroxyl groups excluding tert-OH is 1. The summed E-state index contributed by atoms with van der Waals surface area (Å²) in [5, 5.41) is 13.0. The average Bonchev–Trinajstić information content (AvgIpc) is 3.08. The van der Waals surface area contributed by atoms with Gasteiger partial charge in [0.05, 0.1) is 6.10 Å². The van der Waals surface area contributed by atoms with Gasteiger partial charge < -0.3 is 10.4 Å². The Morgan fingerprint density at radius 2 is 2.07 bits per heavy atom. The number of allylic oxidation sites excluding steroid dienone is 5. The molecule has 29 heavy (non-hydrogen) atoms. The van der Waals surface area contributed by atoms with Crippen LogP contribution in [0, 0.1) is 5.92 Å². The molecule has 1 aliphatic carbocycles. The first kappa shape index (κ1) is 22.8. The van der Waals surface area contributed by atoms with Crippen LogP contribution < -0.4 is 5.32 Å². The van der Waals surface area contributed by atoms with Gasteiger partial charge in [-0.1, -0.05) is 60.7 Å². The first-order chi connectivity index (χ1) is 14.1. The highest BCUT2D eigenvalue weighted by atomic mass is 16.3. The van der Waals surface area contributed by atoms with Crippen LogP contribution in [0.5, 0.6) is 0 Å². The number of Topliss-reactive ketones (excluding diaryl/α,β-unsaturated/α-hetero) is 1. The molecular formula is C25H33NO3. The lowest BCUT2D eigenvalue weighted by Gasteiger charge is -2.10. The lowest BCUT2D eigenvalue weighted by molar-refractivity contribution is -0.121. The van der Waals surface area contributed by atoms with Gasteiger partial charge in [0.2, 0.25) is 5.91 Å². The van der Waals surface area contributed by atoms with Gasteiger partial charge in [-0.3, -0.25) is 9.59 Å². The third-order valence-electron chi connectivity index (χ3n) is 5.10. The molecule has 1 amide bonds. The van der Waals surface area contributed by atoms with Crippen LogP contribution in [0.15, 0.2) is 66.3 Å². The number of aliphatic hydroxyl groups is 1. The van der Waals surface area contributed by atoms with Gasteiger partial charge in [-0.2, -0.15) is 0 Å². The summed E-state index contributed by atoms with van der Waals surface area (Å²) in [4.78, 5) is 23.6. The van der Waals surface area contributed by atoms with Crippen LogP contribution in [-0.4, -0.2) is 29.4 Å². The van der Waals surface area contributed by atoms with Crippen molar-refractivity contribution in [3.8, 4) is 0 Å². The number of nitrogens with one attached hydrogen (secondary N) is 1. The van der Waals surface area contributed by atoms with Crippen molar-refractivity contribution in [2.75, 3.05) is 6.54 Å². The van der Waals surface area contributed by atoms with Crippen molar-refractivity contribution in [2.24, 2.45) is 5.92 Å². The number of rotatable bonds is 12. The Morgan fingerprint density at radius 3 is 2.83 bits per heavy atom. The lowest BCUT2D eigenvalue weighted by atomic mass is 9.95. The van der Waals surface area contributed by atoms with Gasteiger partial charge in [-0.25, -0.2) is 0 Å². The number of aryl methyl sites for hydroxylation is 1. The molecule has 0 unspecified atom stereocenters. The maximum absolute atomic E-state index is 12.2. The molecule has 2 N–H and O–H groups in total. The fraction of sp³-hybridized carbons (Fsp3) is 0.440. The molecule has 0 spiro atoms. The molecule has 0 bridgehead atoms. The third-order valence-corrected chi connectivity index (χ3v) is 5.10. The summed E-state index contributed by atoms with van der Waals surface area (Å²) in [6.07, 6.45) is 14.1. The summed E-state index contributed by atoms with van der Waals surface area (Å²) in [6, 6.07) is 10.1. The molecule has 4 heteroatoms. The maximum Gasteiger partial charge on any atom is 0.219 e. The highest BCUT2D eigenvalue weighted by Crippen LogP contribution is 2.27. The molecule has 2 rings (SSSR count). The van der Waals surface area contributed by atoms with E-state index in [1.54, 1.807) is 6.08 Å². The molecule has 0 saturated heterocycles. The Labute approximate surface area is 174 Å². The van der Waals surface area contributed by atoms with E-state index in [9.17, 15) is 14.7 Å². The van der Waals surface area contributed by atoms with Crippen LogP contribution in [0.1, 0.15) is 51.0 Å². The summed E-state index contributed by atoms with van der Waals surface area (Å²) in [5.74, 6) is 0.204. The highest BCUT2D eigenvalue weighted by molar-refractivity contribution is 5.89. The zero-order valence-corrected chi connectivity index (χ0v) is 17.3. The van der Waals surface area contributed by atoms with E-state index in [2.05, 4.69) is 23.5 Å². The van der Waals surface area contributed by atoms with Gasteiger partial charge >= 0.3 is 0 Å². The zero-order chi connectivity index (χ0) is 20.9. The molecular weight excluding hydrogens is 362 g/mol. The van der Waals surface area contributed by atoms with Crippen LogP contribution in [0.3, 0.4) is 0 Å². The van der Waals surface area contributed by atoms with Gasteiger partial charge in [0.1, 0.15) is 5.78 Å². The molecule has 1 aliphatic rings. The number of hydrogen-bond acceptors (Lipinski definition) is 3. The summed E-state index contributed by atoms with van der Waals surface area (Å²) < 4.78 is 0. The van der Waals surface area contributed by atoms with Crippen molar-refractivity contribution in [3.05, 3.63) is 71.8 Å². The predicted octanol–water partition coefficient (Wildman–Crippen LogP) is 4.30. The molecule has 156 valence electrons. The molecule has 0 aliphatic heterocycles. The second kappa shape index (κ2) is 12.9. The quantitative estimate of drug-likeness (QED) is 0.409.